The molecular formula is C14H10ClN3OS2. The van der Waals surface area contributed by atoms with Crippen molar-refractivity contribution in [2.75, 3.05) is 5.32 Å². The molecule has 0 atom stereocenters. The van der Waals surface area contributed by atoms with Crippen LogP contribution in [0.1, 0.15) is 15.4 Å². The van der Waals surface area contributed by atoms with Gasteiger partial charge in [0.15, 0.2) is 5.13 Å². The van der Waals surface area contributed by atoms with Crippen LogP contribution in [0.4, 0.5) is 5.13 Å². The first-order valence-electron chi connectivity index (χ1n) is 6.07. The van der Waals surface area contributed by atoms with E-state index in [-0.39, 0.29) is 5.91 Å². The summed E-state index contributed by atoms with van der Waals surface area (Å²) in [6.45, 7) is 1.94. The van der Waals surface area contributed by atoms with Crippen LogP contribution in [0, 0.1) is 6.92 Å². The van der Waals surface area contributed by atoms with E-state index in [0.717, 1.165) is 15.4 Å². The molecule has 0 unspecified atom stereocenters. The van der Waals surface area contributed by atoms with Crippen molar-refractivity contribution >= 4 is 45.3 Å². The molecule has 106 valence electrons. The van der Waals surface area contributed by atoms with Crippen molar-refractivity contribution in [1.82, 2.24) is 9.97 Å². The lowest BCUT2D eigenvalue weighted by molar-refractivity contribution is 0.102. The highest BCUT2D eigenvalue weighted by Gasteiger charge is 2.13. The number of hydrogen-bond donors (Lipinski definition) is 1. The average Bonchev–Trinajstić information content (AvgIpc) is 3.09. The molecule has 3 aromatic rings. The third-order valence-electron chi connectivity index (χ3n) is 2.67. The van der Waals surface area contributed by atoms with Crippen molar-refractivity contribution in [2.45, 2.75) is 6.92 Å². The Hall–Kier alpha value is -1.76. The van der Waals surface area contributed by atoms with Crippen LogP contribution in [0.3, 0.4) is 0 Å². The Morgan fingerprint density at radius 2 is 2.05 bits per heavy atom. The molecule has 0 bridgehead atoms. The molecule has 0 fully saturated rings. The number of nitrogens with zero attached hydrogens (tertiary/aromatic N) is 2. The maximum Gasteiger partial charge on any atom is 0.276 e. The predicted molar refractivity (Wildman–Crippen MR) is 87.4 cm³/mol. The van der Waals surface area contributed by atoms with Gasteiger partial charge in [0.25, 0.3) is 5.91 Å². The van der Waals surface area contributed by atoms with Gasteiger partial charge in [0, 0.05) is 27.0 Å². The summed E-state index contributed by atoms with van der Waals surface area (Å²) in [5.41, 5.74) is 1.33. The van der Waals surface area contributed by atoms with Gasteiger partial charge in [0.05, 0.1) is 0 Å². The molecule has 21 heavy (non-hydrogen) atoms. The van der Waals surface area contributed by atoms with Crippen LogP contribution in [-0.2, 0) is 0 Å². The Kier molecular flexibility index (Phi) is 4.01. The van der Waals surface area contributed by atoms with Crippen molar-refractivity contribution < 1.29 is 4.79 Å². The number of thiazole rings is 2. The number of amides is 1. The van der Waals surface area contributed by atoms with Crippen molar-refractivity contribution in [3.8, 4) is 10.6 Å². The molecule has 1 aromatic carbocycles. The van der Waals surface area contributed by atoms with E-state index in [0.29, 0.717) is 15.8 Å². The number of anilines is 1. The minimum absolute atomic E-state index is 0.249. The fraction of sp³-hybridized carbons (Fsp3) is 0.0714. The lowest BCUT2D eigenvalue weighted by Gasteiger charge is -1.98. The summed E-state index contributed by atoms with van der Waals surface area (Å²) >= 11 is 8.71. The summed E-state index contributed by atoms with van der Waals surface area (Å²) in [4.78, 5) is 21.6. The van der Waals surface area contributed by atoms with E-state index in [1.807, 2.05) is 19.1 Å². The second kappa shape index (κ2) is 5.93. The largest absolute Gasteiger partial charge is 0.296 e. The van der Waals surface area contributed by atoms with Gasteiger partial charge in [0.1, 0.15) is 10.7 Å². The van der Waals surface area contributed by atoms with Gasteiger partial charge < -0.3 is 0 Å². The van der Waals surface area contributed by atoms with E-state index < -0.39 is 0 Å². The summed E-state index contributed by atoms with van der Waals surface area (Å²) in [7, 11) is 0. The number of halogens is 1. The molecule has 0 saturated heterocycles. The Morgan fingerprint density at radius 3 is 2.71 bits per heavy atom. The average molecular weight is 336 g/mol. The smallest absolute Gasteiger partial charge is 0.276 e. The van der Waals surface area contributed by atoms with E-state index in [1.165, 1.54) is 22.7 Å². The van der Waals surface area contributed by atoms with Crippen LogP contribution in [0.25, 0.3) is 10.6 Å². The van der Waals surface area contributed by atoms with Crippen molar-refractivity contribution in [3.05, 3.63) is 51.4 Å². The Balaban J connectivity index is 1.78. The molecule has 4 nitrogen and oxygen atoms in total. The van der Waals surface area contributed by atoms with Crippen LogP contribution < -0.4 is 5.32 Å². The number of benzene rings is 1. The van der Waals surface area contributed by atoms with Crippen LogP contribution in [0.5, 0.6) is 0 Å². The van der Waals surface area contributed by atoms with Gasteiger partial charge in [0.2, 0.25) is 0 Å². The standard InChI is InChI=1S/C14H10ClN3OS2/c1-8-6-16-14(21-8)18-12(19)11-7-20-13(17-11)9-2-4-10(15)5-3-9/h2-7H,1H3,(H,16,18,19). The number of hydrogen-bond acceptors (Lipinski definition) is 5. The van der Waals surface area contributed by atoms with E-state index in [4.69, 9.17) is 11.6 Å². The monoisotopic (exact) mass is 335 g/mol. The normalized spacial score (nSPS) is 10.6. The van der Waals surface area contributed by atoms with E-state index in [2.05, 4.69) is 15.3 Å². The second-order valence-electron chi connectivity index (χ2n) is 4.27. The molecule has 2 aromatic heterocycles. The van der Waals surface area contributed by atoms with E-state index in [9.17, 15) is 4.79 Å². The number of carbonyl (C=O) groups is 1. The molecule has 1 amide bonds. The minimum atomic E-state index is -0.249. The van der Waals surface area contributed by atoms with Crippen LogP contribution in [0.2, 0.25) is 5.02 Å². The highest BCUT2D eigenvalue weighted by Crippen LogP contribution is 2.25. The molecule has 0 aliphatic heterocycles. The number of aromatic nitrogens is 2. The molecule has 2 heterocycles. The SMILES string of the molecule is Cc1cnc(NC(=O)c2csc(-c3ccc(Cl)cc3)n2)s1. The summed E-state index contributed by atoms with van der Waals surface area (Å²) in [6, 6.07) is 7.37. The summed E-state index contributed by atoms with van der Waals surface area (Å²) in [5, 5.41) is 6.52. The van der Waals surface area contributed by atoms with Crippen LogP contribution in [0.15, 0.2) is 35.8 Å². The van der Waals surface area contributed by atoms with Crippen LogP contribution in [-0.4, -0.2) is 15.9 Å². The predicted octanol–water partition coefficient (Wildman–Crippen LogP) is 4.48. The number of nitrogens with one attached hydrogen (secondary N) is 1. The molecule has 1 N–H and O–H groups in total. The molecule has 0 aliphatic rings. The lowest BCUT2D eigenvalue weighted by atomic mass is 10.2. The number of rotatable bonds is 3. The fourth-order valence-electron chi connectivity index (χ4n) is 1.68. The highest BCUT2D eigenvalue weighted by molar-refractivity contribution is 7.15. The molecule has 3 rings (SSSR count). The molecule has 0 aliphatic carbocycles. The second-order valence-corrected chi connectivity index (χ2v) is 6.80. The van der Waals surface area contributed by atoms with Gasteiger partial charge in [-0.3, -0.25) is 10.1 Å². The van der Waals surface area contributed by atoms with Gasteiger partial charge in [-0.1, -0.05) is 23.7 Å². The first-order valence-corrected chi connectivity index (χ1v) is 8.14. The number of aryl methyl sites for hydroxylation is 1. The van der Waals surface area contributed by atoms with Gasteiger partial charge in [-0.2, -0.15) is 0 Å². The zero-order chi connectivity index (χ0) is 14.8. The Bertz CT molecular complexity index is 780. The van der Waals surface area contributed by atoms with Gasteiger partial charge in [-0.25, -0.2) is 9.97 Å². The van der Waals surface area contributed by atoms with Crippen molar-refractivity contribution in [1.29, 1.82) is 0 Å². The van der Waals surface area contributed by atoms with Gasteiger partial charge in [-0.05, 0) is 19.1 Å². The third kappa shape index (κ3) is 3.29. The fourth-order valence-corrected chi connectivity index (χ4v) is 3.27. The maximum atomic E-state index is 12.1. The van der Waals surface area contributed by atoms with Crippen molar-refractivity contribution in [2.24, 2.45) is 0 Å². The zero-order valence-corrected chi connectivity index (χ0v) is 13.4. The summed E-state index contributed by atoms with van der Waals surface area (Å²) in [6.07, 6.45) is 1.72. The highest BCUT2D eigenvalue weighted by atomic mass is 35.5. The van der Waals surface area contributed by atoms with E-state index >= 15 is 0 Å². The topological polar surface area (TPSA) is 54.9 Å². The quantitative estimate of drug-likeness (QED) is 0.767. The summed E-state index contributed by atoms with van der Waals surface area (Å²) in [5.74, 6) is -0.249. The maximum absolute atomic E-state index is 12.1. The zero-order valence-electron chi connectivity index (χ0n) is 11.0. The van der Waals surface area contributed by atoms with E-state index in [1.54, 1.807) is 23.7 Å². The van der Waals surface area contributed by atoms with Gasteiger partial charge >= 0.3 is 0 Å². The Morgan fingerprint density at radius 1 is 1.29 bits per heavy atom. The van der Waals surface area contributed by atoms with Gasteiger partial charge in [-0.15, -0.1) is 22.7 Å². The van der Waals surface area contributed by atoms with Crippen LogP contribution >= 0.6 is 34.3 Å². The number of carbonyl (C=O) groups excluding carboxylic acids is 1. The van der Waals surface area contributed by atoms with Crippen molar-refractivity contribution in [3.63, 3.8) is 0 Å². The minimum Gasteiger partial charge on any atom is -0.296 e. The molecular weight excluding hydrogens is 326 g/mol. The lowest BCUT2D eigenvalue weighted by Crippen LogP contribution is -2.11. The molecule has 0 spiro atoms. The third-order valence-corrected chi connectivity index (χ3v) is 4.64. The molecule has 0 radical (unpaired) electrons. The first-order chi connectivity index (χ1) is 10.1. The Labute approximate surface area is 134 Å². The molecule has 0 saturated carbocycles. The first kappa shape index (κ1) is 14.2. The summed E-state index contributed by atoms with van der Waals surface area (Å²) < 4.78 is 0. The molecule has 7 heteroatoms.